The van der Waals surface area contributed by atoms with E-state index in [-0.39, 0.29) is 0 Å². The van der Waals surface area contributed by atoms with Crippen molar-refractivity contribution in [3.63, 3.8) is 0 Å². The van der Waals surface area contributed by atoms with Crippen molar-refractivity contribution in [1.29, 1.82) is 0 Å². The number of sulfonamides is 1. The third-order valence-electron chi connectivity index (χ3n) is 2.98. The minimum atomic E-state index is -3.39. The average Bonchev–Trinajstić information content (AvgIpc) is 2.58. The van der Waals surface area contributed by atoms with Gasteiger partial charge in [-0.05, 0) is 40.8 Å². The molecular weight excluding hydrogens is 324 g/mol. The highest BCUT2D eigenvalue weighted by molar-refractivity contribution is 9.11. The van der Waals surface area contributed by atoms with E-state index < -0.39 is 10.0 Å². The van der Waals surface area contributed by atoms with Crippen LogP contribution in [0.15, 0.2) is 14.7 Å². The Morgan fingerprint density at radius 3 is 2.71 bits per heavy atom. The lowest BCUT2D eigenvalue weighted by molar-refractivity contribution is 0.316. The lowest BCUT2D eigenvalue weighted by Crippen LogP contribution is -2.32. The SMILES string of the molecule is NCc1cc(S(=O)(=O)NCC2CCC2)c(Br)s1. The fourth-order valence-corrected chi connectivity index (χ4v) is 5.36. The molecule has 1 heterocycles. The van der Waals surface area contributed by atoms with Gasteiger partial charge in [-0.25, -0.2) is 13.1 Å². The summed E-state index contributed by atoms with van der Waals surface area (Å²) in [5.74, 6) is 0.510. The van der Waals surface area contributed by atoms with Crippen LogP contribution in [0.3, 0.4) is 0 Å². The van der Waals surface area contributed by atoms with Crippen molar-refractivity contribution in [2.75, 3.05) is 6.54 Å². The van der Waals surface area contributed by atoms with Crippen LogP contribution in [0, 0.1) is 5.92 Å². The molecule has 1 aliphatic carbocycles. The van der Waals surface area contributed by atoms with Gasteiger partial charge in [0.1, 0.15) is 4.90 Å². The van der Waals surface area contributed by atoms with Gasteiger partial charge in [-0.15, -0.1) is 11.3 Å². The third kappa shape index (κ3) is 3.08. The molecule has 1 aromatic heterocycles. The summed E-state index contributed by atoms with van der Waals surface area (Å²) in [7, 11) is -3.39. The highest BCUT2D eigenvalue weighted by Gasteiger charge is 2.24. The Hall–Kier alpha value is 0.0500. The number of halogens is 1. The average molecular weight is 339 g/mol. The number of rotatable bonds is 5. The Labute approximate surface area is 114 Å². The van der Waals surface area contributed by atoms with E-state index >= 15 is 0 Å². The van der Waals surface area contributed by atoms with Crippen LogP contribution < -0.4 is 10.5 Å². The third-order valence-corrected chi connectivity index (χ3v) is 6.68. The van der Waals surface area contributed by atoms with Gasteiger partial charge in [0.15, 0.2) is 0 Å². The van der Waals surface area contributed by atoms with Crippen LogP contribution in [-0.4, -0.2) is 15.0 Å². The first-order valence-electron chi connectivity index (χ1n) is 5.51. The molecule has 3 N–H and O–H groups in total. The van der Waals surface area contributed by atoms with E-state index in [0.717, 1.165) is 17.7 Å². The van der Waals surface area contributed by atoms with Crippen LogP contribution in [0.5, 0.6) is 0 Å². The van der Waals surface area contributed by atoms with Crippen LogP contribution in [0.25, 0.3) is 0 Å². The second-order valence-corrected chi connectivity index (χ2v) is 8.39. The molecule has 96 valence electrons. The zero-order valence-corrected chi connectivity index (χ0v) is 12.5. The summed E-state index contributed by atoms with van der Waals surface area (Å²) < 4.78 is 27.4. The van der Waals surface area contributed by atoms with Crippen molar-refractivity contribution in [2.45, 2.75) is 30.7 Å². The summed E-state index contributed by atoms with van der Waals surface area (Å²) in [6.45, 7) is 0.907. The zero-order chi connectivity index (χ0) is 12.5. The lowest BCUT2D eigenvalue weighted by atomic mass is 9.86. The van der Waals surface area contributed by atoms with E-state index in [2.05, 4.69) is 20.7 Å². The largest absolute Gasteiger partial charge is 0.326 e. The fraction of sp³-hybridized carbons (Fsp3) is 0.600. The van der Waals surface area contributed by atoms with Crippen molar-refractivity contribution in [3.8, 4) is 0 Å². The summed E-state index contributed by atoms with van der Waals surface area (Å²) in [4.78, 5) is 1.17. The summed E-state index contributed by atoms with van der Waals surface area (Å²) in [6.07, 6.45) is 3.47. The molecule has 0 aromatic carbocycles. The smallest absolute Gasteiger partial charge is 0.242 e. The lowest BCUT2D eigenvalue weighted by Gasteiger charge is -2.25. The molecule has 1 aliphatic rings. The van der Waals surface area contributed by atoms with E-state index in [4.69, 9.17) is 5.73 Å². The van der Waals surface area contributed by atoms with Gasteiger partial charge in [-0.1, -0.05) is 6.42 Å². The Morgan fingerprint density at radius 2 is 2.24 bits per heavy atom. The van der Waals surface area contributed by atoms with Crippen LogP contribution >= 0.6 is 27.3 Å². The molecule has 0 amide bonds. The molecule has 0 spiro atoms. The van der Waals surface area contributed by atoms with E-state index in [9.17, 15) is 8.42 Å². The van der Waals surface area contributed by atoms with Crippen molar-refractivity contribution in [1.82, 2.24) is 4.72 Å². The first-order valence-corrected chi connectivity index (χ1v) is 8.60. The highest BCUT2D eigenvalue weighted by Crippen LogP contribution is 2.32. The van der Waals surface area contributed by atoms with E-state index in [1.165, 1.54) is 17.8 Å². The van der Waals surface area contributed by atoms with Gasteiger partial charge >= 0.3 is 0 Å². The van der Waals surface area contributed by atoms with Crippen molar-refractivity contribution in [2.24, 2.45) is 11.7 Å². The van der Waals surface area contributed by atoms with Gasteiger partial charge in [0.2, 0.25) is 10.0 Å². The molecule has 0 atom stereocenters. The van der Waals surface area contributed by atoms with Crippen LogP contribution in [0.2, 0.25) is 0 Å². The standard InChI is InChI=1S/C10H15BrN2O2S2/c11-10-9(4-8(5-12)16-10)17(14,15)13-6-7-2-1-3-7/h4,7,13H,1-3,5-6,12H2. The van der Waals surface area contributed by atoms with Gasteiger partial charge in [-0.3, -0.25) is 0 Å². The minimum absolute atomic E-state index is 0.308. The Morgan fingerprint density at radius 1 is 1.53 bits per heavy atom. The number of thiophene rings is 1. The second-order valence-electron chi connectivity index (χ2n) is 4.20. The molecule has 0 radical (unpaired) electrons. The predicted molar refractivity (Wildman–Crippen MR) is 72.4 cm³/mol. The van der Waals surface area contributed by atoms with Crippen molar-refractivity contribution < 1.29 is 8.42 Å². The summed E-state index contributed by atoms with van der Waals surface area (Å²) in [6, 6.07) is 1.64. The van der Waals surface area contributed by atoms with Crippen molar-refractivity contribution >= 4 is 37.3 Å². The molecule has 1 aromatic rings. The molecule has 1 saturated carbocycles. The van der Waals surface area contributed by atoms with Gasteiger partial charge in [-0.2, -0.15) is 0 Å². The second kappa shape index (κ2) is 5.36. The Balaban J connectivity index is 2.09. The topological polar surface area (TPSA) is 72.2 Å². The van der Waals surface area contributed by atoms with Crippen LogP contribution in [0.1, 0.15) is 24.1 Å². The van der Waals surface area contributed by atoms with Gasteiger partial charge in [0, 0.05) is 18.0 Å². The number of nitrogens with two attached hydrogens (primary N) is 1. The number of nitrogens with one attached hydrogen (secondary N) is 1. The summed E-state index contributed by atoms with van der Waals surface area (Å²) in [5, 5.41) is 0. The van der Waals surface area contributed by atoms with Crippen LogP contribution in [0.4, 0.5) is 0 Å². The molecule has 7 heteroatoms. The maximum Gasteiger partial charge on any atom is 0.242 e. The molecule has 4 nitrogen and oxygen atoms in total. The van der Waals surface area contributed by atoms with Crippen LogP contribution in [-0.2, 0) is 16.6 Å². The van der Waals surface area contributed by atoms with Gasteiger partial charge in [0.05, 0.1) is 3.79 Å². The molecule has 0 bridgehead atoms. The first-order chi connectivity index (χ1) is 8.03. The molecule has 0 saturated heterocycles. The summed E-state index contributed by atoms with van der Waals surface area (Å²) >= 11 is 4.64. The fourth-order valence-electron chi connectivity index (χ4n) is 1.68. The Bertz CT molecular complexity index is 494. The Kier molecular flexibility index (Phi) is 4.25. The summed E-state index contributed by atoms with van der Waals surface area (Å²) in [5.41, 5.74) is 5.50. The van der Waals surface area contributed by atoms with E-state index in [1.54, 1.807) is 6.07 Å². The quantitative estimate of drug-likeness (QED) is 0.862. The number of hydrogen-bond donors (Lipinski definition) is 2. The van der Waals surface area contributed by atoms with E-state index in [1.807, 2.05) is 0 Å². The number of hydrogen-bond acceptors (Lipinski definition) is 4. The van der Waals surface area contributed by atoms with E-state index in [0.29, 0.717) is 27.7 Å². The molecule has 17 heavy (non-hydrogen) atoms. The molecular formula is C10H15BrN2O2S2. The predicted octanol–water partition coefficient (Wildman–Crippen LogP) is 2.05. The molecule has 0 unspecified atom stereocenters. The monoisotopic (exact) mass is 338 g/mol. The minimum Gasteiger partial charge on any atom is -0.326 e. The maximum atomic E-state index is 12.1. The normalized spacial score (nSPS) is 17.1. The molecule has 1 fully saturated rings. The molecule has 2 rings (SSSR count). The highest BCUT2D eigenvalue weighted by atomic mass is 79.9. The maximum absolute atomic E-state index is 12.1. The van der Waals surface area contributed by atoms with Gasteiger partial charge < -0.3 is 5.73 Å². The molecule has 0 aliphatic heterocycles. The first kappa shape index (κ1) is 13.5. The van der Waals surface area contributed by atoms with Crippen molar-refractivity contribution in [3.05, 3.63) is 14.7 Å². The zero-order valence-electron chi connectivity index (χ0n) is 9.28. The van der Waals surface area contributed by atoms with Gasteiger partial charge in [0.25, 0.3) is 0 Å².